The normalized spacial score (nSPS) is 12.5. The summed E-state index contributed by atoms with van der Waals surface area (Å²) in [5, 5.41) is 12.1. The number of hydrogen-bond acceptors (Lipinski definition) is 8. The summed E-state index contributed by atoms with van der Waals surface area (Å²) in [5.41, 5.74) is 1.46. The number of amides is 1. The van der Waals surface area contributed by atoms with Gasteiger partial charge in [0, 0.05) is 30.3 Å². The topological polar surface area (TPSA) is 96.7 Å². The molecule has 0 fully saturated rings. The fourth-order valence-electron chi connectivity index (χ4n) is 3.45. The Morgan fingerprint density at radius 1 is 1.12 bits per heavy atom. The molecule has 1 N–H and O–H groups in total. The number of thioether (sulfide) groups is 1. The van der Waals surface area contributed by atoms with Crippen molar-refractivity contribution in [2.75, 3.05) is 38.5 Å². The summed E-state index contributed by atoms with van der Waals surface area (Å²) in [6.07, 6.45) is 2.58. The Kier molecular flexibility index (Phi) is 7.58. The van der Waals surface area contributed by atoms with Crippen LogP contribution in [0.2, 0.25) is 0 Å². The van der Waals surface area contributed by atoms with Crippen LogP contribution < -0.4 is 24.3 Å². The molecule has 0 aliphatic carbocycles. The number of aromatic nitrogens is 3. The van der Waals surface area contributed by atoms with E-state index in [2.05, 4.69) is 22.1 Å². The summed E-state index contributed by atoms with van der Waals surface area (Å²) < 4.78 is 23.9. The first-order valence-corrected chi connectivity index (χ1v) is 11.7. The summed E-state index contributed by atoms with van der Waals surface area (Å²) in [7, 11) is 3.17. The molecule has 10 heteroatoms. The number of nitrogens with zero attached hydrogens (tertiary/aromatic N) is 3. The van der Waals surface area contributed by atoms with Crippen molar-refractivity contribution < 1.29 is 23.7 Å². The molecule has 2 aromatic carbocycles. The van der Waals surface area contributed by atoms with Gasteiger partial charge in [0.05, 0.1) is 33.2 Å². The molecule has 3 aromatic rings. The van der Waals surface area contributed by atoms with E-state index in [1.54, 1.807) is 38.5 Å². The lowest BCUT2D eigenvalue weighted by Gasteiger charge is -2.11. The first-order valence-electron chi connectivity index (χ1n) is 10.7. The Morgan fingerprint density at radius 3 is 2.68 bits per heavy atom. The van der Waals surface area contributed by atoms with Gasteiger partial charge in [-0.1, -0.05) is 17.8 Å². The van der Waals surface area contributed by atoms with Crippen LogP contribution in [0.15, 0.2) is 54.2 Å². The number of nitrogens with one attached hydrogen (secondary N) is 1. The van der Waals surface area contributed by atoms with E-state index in [1.165, 1.54) is 11.8 Å². The van der Waals surface area contributed by atoms with Crippen LogP contribution in [0.5, 0.6) is 23.0 Å². The van der Waals surface area contributed by atoms with Crippen LogP contribution in [-0.4, -0.2) is 53.9 Å². The number of allylic oxidation sites excluding steroid dienone is 1. The third kappa shape index (κ3) is 5.28. The van der Waals surface area contributed by atoms with E-state index in [-0.39, 0.29) is 11.7 Å². The zero-order chi connectivity index (χ0) is 23.9. The van der Waals surface area contributed by atoms with Crippen molar-refractivity contribution in [3.63, 3.8) is 0 Å². The molecule has 1 amide bonds. The number of benzene rings is 2. The molecule has 2 heterocycles. The number of carbonyl (C=O) groups is 1. The SMILES string of the molecule is C=CCn1c(SCC(=O)Nc2ccc3c(c2)OCCCO3)nnc1-c1ccc(OC)c(OC)c1. The lowest BCUT2D eigenvalue weighted by Crippen LogP contribution is -2.14. The molecule has 4 rings (SSSR count). The van der Waals surface area contributed by atoms with Crippen molar-refractivity contribution in [2.24, 2.45) is 0 Å². The zero-order valence-corrected chi connectivity index (χ0v) is 19.9. The number of rotatable bonds is 9. The van der Waals surface area contributed by atoms with Gasteiger partial charge in [0.15, 0.2) is 34.0 Å². The van der Waals surface area contributed by atoms with E-state index in [0.717, 1.165) is 12.0 Å². The number of anilines is 1. The van der Waals surface area contributed by atoms with Gasteiger partial charge in [-0.15, -0.1) is 16.8 Å². The number of hydrogen-bond donors (Lipinski definition) is 1. The van der Waals surface area contributed by atoms with Crippen LogP contribution in [0.4, 0.5) is 5.69 Å². The van der Waals surface area contributed by atoms with Crippen molar-refractivity contribution in [1.82, 2.24) is 14.8 Å². The van der Waals surface area contributed by atoms with Crippen molar-refractivity contribution in [1.29, 1.82) is 0 Å². The molecule has 0 spiro atoms. The number of carbonyl (C=O) groups excluding carboxylic acids is 1. The minimum Gasteiger partial charge on any atom is -0.493 e. The van der Waals surface area contributed by atoms with Crippen molar-refractivity contribution in [3.8, 4) is 34.4 Å². The van der Waals surface area contributed by atoms with Crippen LogP contribution in [0.1, 0.15) is 6.42 Å². The Balaban J connectivity index is 1.46. The summed E-state index contributed by atoms with van der Waals surface area (Å²) in [6.45, 7) is 5.52. The molecule has 1 aliphatic rings. The highest BCUT2D eigenvalue weighted by molar-refractivity contribution is 7.99. The van der Waals surface area contributed by atoms with E-state index in [0.29, 0.717) is 59.4 Å². The van der Waals surface area contributed by atoms with Gasteiger partial charge < -0.3 is 24.3 Å². The summed E-state index contributed by atoms with van der Waals surface area (Å²) in [6, 6.07) is 10.9. The van der Waals surface area contributed by atoms with E-state index < -0.39 is 0 Å². The number of methoxy groups -OCH3 is 2. The maximum absolute atomic E-state index is 12.6. The smallest absolute Gasteiger partial charge is 0.234 e. The molecule has 0 saturated carbocycles. The molecule has 0 radical (unpaired) electrons. The standard InChI is InChI=1S/C24H26N4O5S/c1-4-10-28-23(16-6-8-18(30-2)20(13-16)31-3)26-27-24(28)34-15-22(29)25-17-7-9-19-21(14-17)33-12-5-11-32-19/h4,6-9,13-14H,1,5,10-12,15H2,2-3H3,(H,25,29). The third-order valence-electron chi connectivity index (χ3n) is 5.03. The molecule has 9 nitrogen and oxygen atoms in total. The largest absolute Gasteiger partial charge is 0.493 e. The van der Waals surface area contributed by atoms with E-state index >= 15 is 0 Å². The lowest BCUT2D eigenvalue weighted by atomic mass is 10.2. The molecule has 0 saturated heterocycles. The molecular weight excluding hydrogens is 456 g/mol. The Bertz CT molecular complexity index is 1180. The zero-order valence-electron chi connectivity index (χ0n) is 19.1. The van der Waals surface area contributed by atoms with Gasteiger partial charge in [-0.05, 0) is 30.3 Å². The molecule has 1 aromatic heterocycles. The Hall–Kier alpha value is -3.66. The third-order valence-corrected chi connectivity index (χ3v) is 6.00. The highest BCUT2D eigenvalue weighted by Gasteiger charge is 2.17. The average molecular weight is 483 g/mol. The van der Waals surface area contributed by atoms with Crippen molar-refractivity contribution >= 4 is 23.4 Å². The van der Waals surface area contributed by atoms with E-state index in [9.17, 15) is 4.79 Å². The monoisotopic (exact) mass is 482 g/mol. The average Bonchev–Trinajstić information content (AvgIpc) is 3.10. The van der Waals surface area contributed by atoms with Gasteiger partial charge >= 0.3 is 0 Å². The molecular formula is C24H26N4O5S. The fraction of sp³-hybridized carbons (Fsp3) is 0.292. The Labute approximate surface area is 202 Å². The number of ether oxygens (including phenoxy) is 4. The maximum atomic E-state index is 12.6. The van der Waals surface area contributed by atoms with Crippen LogP contribution in [0.25, 0.3) is 11.4 Å². The fourth-order valence-corrected chi connectivity index (χ4v) is 4.19. The van der Waals surface area contributed by atoms with Crippen molar-refractivity contribution in [2.45, 2.75) is 18.1 Å². The Morgan fingerprint density at radius 2 is 1.91 bits per heavy atom. The molecule has 34 heavy (non-hydrogen) atoms. The maximum Gasteiger partial charge on any atom is 0.234 e. The van der Waals surface area contributed by atoms with Crippen LogP contribution >= 0.6 is 11.8 Å². The second kappa shape index (κ2) is 11.0. The minimum atomic E-state index is -0.166. The molecule has 1 aliphatic heterocycles. The highest BCUT2D eigenvalue weighted by atomic mass is 32.2. The van der Waals surface area contributed by atoms with E-state index in [1.807, 2.05) is 22.8 Å². The molecule has 178 valence electrons. The lowest BCUT2D eigenvalue weighted by molar-refractivity contribution is -0.113. The first-order chi connectivity index (χ1) is 16.6. The molecule has 0 atom stereocenters. The van der Waals surface area contributed by atoms with Crippen LogP contribution in [0.3, 0.4) is 0 Å². The highest BCUT2D eigenvalue weighted by Crippen LogP contribution is 2.34. The van der Waals surface area contributed by atoms with Gasteiger partial charge in [0.2, 0.25) is 5.91 Å². The minimum absolute atomic E-state index is 0.162. The second-order valence-corrected chi connectivity index (χ2v) is 8.27. The predicted octanol–water partition coefficient (Wildman–Crippen LogP) is 4.04. The van der Waals surface area contributed by atoms with Gasteiger partial charge in [0.1, 0.15) is 0 Å². The van der Waals surface area contributed by atoms with E-state index in [4.69, 9.17) is 18.9 Å². The van der Waals surface area contributed by atoms with Gasteiger partial charge in [-0.25, -0.2) is 0 Å². The summed E-state index contributed by atoms with van der Waals surface area (Å²) >= 11 is 1.30. The summed E-state index contributed by atoms with van der Waals surface area (Å²) in [4.78, 5) is 12.6. The van der Waals surface area contributed by atoms with Crippen molar-refractivity contribution in [3.05, 3.63) is 49.1 Å². The second-order valence-electron chi connectivity index (χ2n) is 7.32. The first kappa shape index (κ1) is 23.5. The number of fused-ring (bicyclic) bond motifs is 1. The van der Waals surface area contributed by atoms with Crippen LogP contribution in [0, 0.1) is 0 Å². The predicted molar refractivity (Wildman–Crippen MR) is 130 cm³/mol. The van der Waals surface area contributed by atoms with Gasteiger partial charge in [0.25, 0.3) is 0 Å². The van der Waals surface area contributed by atoms with Gasteiger partial charge in [-0.2, -0.15) is 0 Å². The molecule has 0 unspecified atom stereocenters. The quantitative estimate of drug-likeness (QED) is 0.361. The molecule has 0 bridgehead atoms. The summed E-state index contributed by atoms with van der Waals surface area (Å²) in [5.74, 6) is 3.18. The van der Waals surface area contributed by atoms with Crippen LogP contribution in [-0.2, 0) is 11.3 Å². The van der Waals surface area contributed by atoms with Gasteiger partial charge in [-0.3, -0.25) is 9.36 Å².